The number of hydrogen-bond donors (Lipinski definition) is 0. The van der Waals surface area contributed by atoms with E-state index >= 15 is 0 Å². The molecule has 0 unspecified atom stereocenters. The fourth-order valence-electron chi connectivity index (χ4n) is 5.69. The van der Waals surface area contributed by atoms with E-state index in [1.54, 1.807) is 0 Å². The highest BCUT2D eigenvalue weighted by molar-refractivity contribution is 6.21. The Labute approximate surface area is 240 Å². The van der Waals surface area contributed by atoms with Gasteiger partial charge in [-0.2, -0.15) is 0 Å². The Morgan fingerprint density at radius 2 is 0.878 bits per heavy atom. The molecule has 0 fully saturated rings. The maximum absolute atomic E-state index is 6.04. The van der Waals surface area contributed by atoms with Gasteiger partial charge in [-0.05, 0) is 85.1 Å². The first-order chi connectivity index (χ1) is 20.0. The van der Waals surface area contributed by atoms with Gasteiger partial charge in [-0.15, -0.1) is 10.2 Å². The highest BCUT2D eigenvalue weighted by Crippen LogP contribution is 2.45. The van der Waals surface area contributed by atoms with Gasteiger partial charge >= 0.3 is 0 Å². The third kappa shape index (κ3) is 4.50. The van der Waals surface area contributed by atoms with Gasteiger partial charge in [0.15, 0.2) is 0 Å². The summed E-state index contributed by atoms with van der Waals surface area (Å²) in [7, 11) is 0. The average molecular weight is 531 g/mol. The summed E-state index contributed by atoms with van der Waals surface area (Å²) in [6, 6.07) is 44.9. The number of aromatic nitrogens is 2. The van der Waals surface area contributed by atoms with Crippen LogP contribution in [-0.4, -0.2) is 10.2 Å². The lowest BCUT2D eigenvalue weighted by atomic mass is 9.81. The summed E-state index contributed by atoms with van der Waals surface area (Å²) < 4.78 is 6.04. The molecule has 6 aromatic carbocycles. The zero-order valence-electron chi connectivity index (χ0n) is 23.4. The number of rotatable bonds is 4. The lowest BCUT2D eigenvalue weighted by molar-refractivity contribution is 0.584. The van der Waals surface area contributed by atoms with E-state index in [0.717, 1.165) is 16.7 Å². The molecule has 41 heavy (non-hydrogen) atoms. The van der Waals surface area contributed by atoms with E-state index in [2.05, 4.69) is 128 Å². The van der Waals surface area contributed by atoms with E-state index in [1.807, 2.05) is 30.3 Å². The lowest BCUT2D eigenvalue weighted by Gasteiger charge is -2.23. The van der Waals surface area contributed by atoms with Crippen molar-refractivity contribution < 1.29 is 4.42 Å². The number of benzene rings is 6. The van der Waals surface area contributed by atoms with Gasteiger partial charge in [0, 0.05) is 11.1 Å². The van der Waals surface area contributed by atoms with Gasteiger partial charge in [-0.25, -0.2) is 0 Å². The van der Waals surface area contributed by atoms with Gasteiger partial charge in [0.05, 0.1) is 0 Å². The summed E-state index contributed by atoms with van der Waals surface area (Å²) in [5.41, 5.74) is 8.05. The maximum Gasteiger partial charge on any atom is 0.248 e. The van der Waals surface area contributed by atoms with Gasteiger partial charge in [-0.1, -0.05) is 118 Å². The minimum absolute atomic E-state index is 0.0300. The van der Waals surface area contributed by atoms with Gasteiger partial charge < -0.3 is 4.42 Å². The maximum atomic E-state index is 6.04. The standard InChI is InChI=1S/C38H30N2O/c1-38(2,3)29-22-23-32-33(24-29)35(31-17-11-10-16-30(31)34(32)25-12-6-4-7-13-25)26-18-20-28(21-19-26)37-40-39-36(41-37)27-14-8-5-9-15-27/h4-24H,1-3H3. The largest absolute Gasteiger partial charge is 0.416 e. The second kappa shape index (κ2) is 9.87. The van der Waals surface area contributed by atoms with Crippen LogP contribution in [0.15, 0.2) is 132 Å². The molecule has 7 aromatic rings. The number of hydrogen-bond acceptors (Lipinski definition) is 3. The van der Waals surface area contributed by atoms with Crippen LogP contribution in [0, 0.1) is 0 Å². The predicted molar refractivity (Wildman–Crippen MR) is 170 cm³/mol. The molecule has 0 saturated carbocycles. The first-order valence-corrected chi connectivity index (χ1v) is 14.0. The Morgan fingerprint density at radius 1 is 0.439 bits per heavy atom. The summed E-state index contributed by atoms with van der Waals surface area (Å²) in [5.74, 6) is 1.03. The van der Waals surface area contributed by atoms with Crippen molar-refractivity contribution in [3.8, 4) is 45.2 Å². The van der Waals surface area contributed by atoms with Crippen LogP contribution in [0.1, 0.15) is 26.3 Å². The molecule has 3 nitrogen and oxygen atoms in total. The van der Waals surface area contributed by atoms with Crippen molar-refractivity contribution in [3.63, 3.8) is 0 Å². The van der Waals surface area contributed by atoms with Crippen LogP contribution in [0.3, 0.4) is 0 Å². The summed E-state index contributed by atoms with van der Waals surface area (Å²) >= 11 is 0. The molecule has 1 aromatic heterocycles. The van der Waals surface area contributed by atoms with E-state index in [4.69, 9.17) is 4.42 Å². The number of fused-ring (bicyclic) bond motifs is 2. The summed E-state index contributed by atoms with van der Waals surface area (Å²) in [4.78, 5) is 0. The van der Waals surface area contributed by atoms with Crippen molar-refractivity contribution in [2.75, 3.05) is 0 Å². The third-order valence-corrected chi connectivity index (χ3v) is 7.82. The third-order valence-electron chi connectivity index (χ3n) is 7.82. The van der Waals surface area contributed by atoms with Crippen molar-refractivity contribution in [2.45, 2.75) is 26.2 Å². The van der Waals surface area contributed by atoms with E-state index in [-0.39, 0.29) is 5.41 Å². The molecule has 7 rings (SSSR count). The van der Waals surface area contributed by atoms with Crippen molar-refractivity contribution in [2.24, 2.45) is 0 Å². The fourth-order valence-corrected chi connectivity index (χ4v) is 5.69. The van der Waals surface area contributed by atoms with E-state index < -0.39 is 0 Å². The van der Waals surface area contributed by atoms with Crippen LogP contribution in [-0.2, 0) is 5.41 Å². The molecule has 0 aliphatic rings. The minimum atomic E-state index is 0.0300. The zero-order valence-corrected chi connectivity index (χ0v) is 23.4. The van der Waals surface area contributed by atoms with Crippen molar-refractivity contribution in [3.05, 3.63) is 133 Å². The van der Waals surface area contributed by atoms with E-state index in [9.17, 15) is 0 Å². The fraction of sp³-hybridized carbons (Fsp3) is 0.105. The lowest BCUT2D eigenvalue weighted by Crippen LogP contribution is -2.10. The molecule has 1 heterocycles. The van der Waals surface area contributed by atoms with Gasteiger partial charge in [0.2, 0.25) is 11.8 Å². The molecular weight excluding hydrogens is 500 g/mol. The second-order valence-corrected chi connectivity index (χ2v) is 11.5. The van der Waals surface area contributed by atoms with Crippen LogP contribution in [0.2, 0.25) is 0 Å². The van der Waals surface area contributed by atoms with Crippen LogP contribution < -0.4 is 0 Å². The van der Waals surface area contributed by atoms with Crippen molar-refractivity contribution >= 4 is 21.5 Å². The van der Waals surface area contributed by atoms with Crippen LogP contribution in [0.4, 0.5) is 0 Å². The molecule has 0 amide bonds. The topological polar surface area (TPSA) is 38.9 Å². The highest BCUT2D eigenvalue weighted by atomic mass is 16.4. The van der Waals surface area contributed by atoms with Crippen molar-refractivity contribution in [1.29, 1.82) is 0 Å². The molecule has 0 spiro atoms. The van der Waals surface area contributed by atoms with Gasteiger partial charge in [0.1, 0.15) is 0 Å². The normalized spacial score (nSPS) is 11.8. The summed E-state index contributed by atoms with van der Waals surface area (Å²) in [5, 5.41) is 13.6. The number of nitrogens with zero attached hydrogens (tertiary/aromatic N) is 2. The molecule has 0 bridgehead atoms. The Hall–Kier alpha value is -5.02. The molecule has 0 radical (unpaired) electrons. The summed E-state index contributed by atoms with van der Waals surface area (Å²) in [6.45, 7) is 6.82. The molecule has 0 saturated heterocycles. The van der Waals surface area contributed by atoms with E-state index in [1.165, 1.54) is 43.8 Å². The SMILES string of the molecule is CC(C)(C)c1ccc2c(-c3ccccc3)c3ccccc3c(-c3ccc(-c4nnc(-c5ccccc5)o4)cc3)c2c1. The Morgan fingerprint density at radius 3 is 1.46 bits per heavy atom. The summed E-state index contributed by atoms with van der Waals surface area (Å²) in [6.07, 6.45) is 0. The Kier molecular flexibility index (Phi) is 6.01. The van der Waals surface area contributed by atoms with Crippen LogP contribution in [0.25, 0.3) is 66.7 Å². The minimum Gasteiger partial charge on any atom is -0.416 e. The molecule has 0 aliphatic carbocycles. The predicted octanol–water partition coefficient (Wildman–Crippen LogP) is 10.3. The van der Waals surface area contributed by atoms with E-state index in [0.29, 0.717) is 11.8 Å². The van der Waals surface area contributed by atoms with Crippen LogP contribution in [0.5, 0.6) is 0 Å². The smallest absolute Gasteiger partial charge is 0.248 e. The van der Waals surface area contributed by atoms with Crippen LogP contribution >= 0.6 is 0 Å². The second-order valence-electron chi connectivity index (χ2n) is 11.5. The molecule has 3 heteroatoms. The zero-order chi connectivity index (χ0) is 28.0. The molecular formula is C38H30N2O. The first kappa shape index (κ1) is 25.0. The Bertz CT molecular complexity index is 2000. The molecule has 0 N–H and O–H groups in total. The molecule has 0 aliphatic heterocycles. The van der Waals surface area contributed by atoms with Gasteiger partial charge in [0.25, 0.3) is 0 Å². The van der Waals surface area contributed by atoms with Crippen molar-refractivity contribution in [1.82, 2.24) is 10.2 Å². The highest BCUT2D eigenvalue weighted by Gasteiger charge is 2.20. The Balaban J connectivity index is 1.43. The molecule has 0 atom stereocenters. The first-order valence-electron chi connectivity index (χ1n) is 14.0. The average Bonchev–Trinajstić information content (AvgIpc) is 3.51. The van der Waals surface area contributed by atoms with Gasteiger partial charge in [-0.3, -0.25) is 0 Å². The molecule has 198 valence electrons. The quantitative estimate of drug-likeness (QED) is 0.213. The monoisotopic (exact) mass is 530 g/mol.